The fourth-order valence-electron chi connectivity index (χ4n) is 1.39. The molecule has 0 fully saturated rings. The Hall–Kier alpha value is -0.490. The Morgan fingerprint density at radius 3 is 2.33 bits per heavy atom. The van der Waals surface area contributed by atoms with Gasteiger partial charge in [-0.25, -0.2) is 0 Å². The second-order valence-electron chi connectivity index (χ2n) is 3.24. The monoisotopic (exact) mass is 321 g/mol. The van der Waals surface area contributed by atoms with Gasteiger partial charge in [0.1, 0.15) is 11.5 Å². The summed E-state index contributed by atoms with van der Waals surface area (Å²) in [6, 6.07) is 3.89. The molecule has 0 bridgehead atoms. The van der Waals surface area contributed by atoms with E-state index >= 15 is 0 Å². The van der Waals surface area contributed by atoms with Crippen molar-refractivity contribution in [3.8, 4) is 11.5 Å². The van der Waals surface area contributed by atoms with E-state index in [0.29, 0.717) is 0 Å². The molecule has 15 heavy (non-hydrogen) atoms. The smallest absolute Gasteiger partial charge is 0.132 e. The number of benzene rings is 1. The Morgan fingerprint density at radius 1 is 1.27 bits per heavy atom. The van der Waals surface area contributed by atoms with Crippen molar-refractivity contribution in [1.82, 2.24) is 0 Å². The van der Waals surface area contributed by atoms with E-state index in [4.69, 9.17) is 15.2 Å². The third-order valence-electron chi connectivity index (χ3n) is 2.34. The number of methoxy groups -OCH3 is 2. The summed E-state index contributed by atoms with van der Waals surface area (Å²) in [7, 11) is 3.31. The van der Waals surface area contributed by atoms with E-state index in [2.05, 4.69) is 29.5 Å². The van der Waals surface area contributed by atoms with Crippen LogP contribution < -0.4 is 15.2 Å². The van der Waals surface area contributed by atoms with Crippen LogP contribution in [0.1, 0.15) is 24.9 Å². The van der Waals surface area contributed by atoms with E-state index in [9.17, 15) is 0 Å². The summed E-state index contributed by atoms with van der Waals surface area (Å²) >= 11 is 2.22. The van der Waals surface area contributed by atoms with Crippen LogP contribution in [0.15, 0.2) is 12.1 Å². The summed E-state index contributed by atoms with van der Waals surface area (Å²) < 4.78 is 11.6. The second-order valence-corrected chi connectivity index (χ2v) is 4.41. The van der Waals surface area contributed by atoms with Crippen molar-refractivity contribution >= 4 is 22.6 Å². The summed E-state index contributed by atoms with van der Waals surface area (Å²) in [6.07, 6.45) is 0.875. The summed E-state index contributed by atoms with van der Waals surface area (Å²) in [5.74, 6) is 1.67. The lowest BCUT2D eigenvalue weighted by Crippen LogP contribution is -2.10. The van der Waals surface area contributed by atoms with Crippen LogP contribution in [0.25, 0.3) is 0 Å². The molecule has 1 atom stereocenters. The first-order chi connectivity index (χ1) is 7.13. The van der Waals surface area contributed by atoms with Crippen LogP contribution in [0.5, 0.6) is 11.5 Å². The van der Waals surface area contributed by atoms with Crippen LogP contribution in [0.4, 0.5) is 0 Å². The maximum atomic E-state index is 6.01. The van der Waals surface area contributed by atoms with Crippen LogP contribution in [-0.2, 0) is 0 Å². The molecule has 1 aromatic carbocycles. The van der Waals surface area contributed by atoms with E-state index in [1.807, 2.05) is 12.1 Å². The van der Waals surface area contributed by atoms with Gasteiger partial charge in [-0.2, -0.15) is 0 Å². The van der Waals surface area contributed by atoms with Crippen molar-refractivity contribution in [2.75, 3.05) is 14.2 Å². The first-order valence-electron chi connectivity index (χ1n) is 4.81. The Labute approximate surface area is 104 Å². The average Bonchev–Trinajstić information content (AvgIpc) is 2.27. The zero-order valence-electron chi connectivity index (χ0n) is 9.21. The van der Waals surface area contributed by atoms with Gasteiger partial charge in [-0.1, -0.05) is 6.92 Å². The van der Waals surface area contributed by atoms with Gasteiger partial charge < -0.3 is 15.2 Å². The molecule has 1 aromatic rings. The van der Waals surface area contributed by atoms with Crippen LogP contribution in [-0.4, -0.2) is 14.2 Å². The highest BCUT2D eigenvalue weighted by Crippen LogP contribution is 2.33. The molecular weight excluding hydrogens is 305 g/mol. The summed E-state index contributed by atoms with van der Waals surface area (Å²) in [5, 5.41) is 0. The molecule has 0 aromatic heterocycles. The van der Waals surface area contributed by atoms with Gasteiger partial charge in [-0.05, 0) is 41.1 Å². The van der Waals surface area contributed by atoms with Gasteiger partial charge in [0, 0.05) is 11.6 Å². The first-order valence-corrected chi connectivity index (χ1v) is 5.88. The molecule has 0 amide bonds. The van der Waals surface area contributed by atoms with E-state index in [1.165, 1.54) is 0 Å². The molecule has 84 valence electrons. The molecule has 0 aliphatic rings. The van der Waals surface area contributed by atoms with Crippen molar-refractivity contribution in [1.29, 1.82) is 0 Å². The van der Waals surface area contributed by atoms with E-state index < -0.39 is 0 Å². The largest absolute Gasteiger partial charge is 0.496 e. The Kier molecular flexibility index (Phi) is 4.66. The van der Waals surface area contributed by atoms with Gasteiger partial charge in [-0.15, -0.1) is 0 Å². The minimum absolute atomic E-state index is 0.00847. The number of ether oxygens (including phenoxy) is 2. The van der Waals surface area contributed by atoms with E-state index in [-0.39, 0.29) is 6.04 Å². The highest BCUT2D eigenvalue weighted by Gasteiger charge is 2.14. The predicted octanol–water partition coefficient (Wildman–Crippen LogP) is 2.72. The second kappa shape index (κ2) is 5.55. The normalized spacial score (nSPS) is 12.3. The molecule has 0 unspecified atom stereocenters. The molecule has 3 nitrogen and oxygen atoms in total. The molecule has 0 aliphatic carbocycles. The third kappa shape index (κ3) is 2.75. The minimum atomic E-state index is -0.00847. The number of hydrogen-bond acceptors (Lipinski definition) is 3. The fraction of sp³-hybridized carbons (Fsp3) is 0.455. The van der Waals surface area contributed by atoms with Crippen molar-refractivity contribution < 1.29 is 9.47 Å². The predicted molar refractivity (Wildman–Crippen MR) is 69.5 cm³/mol. The maximum absolute atomic E-state index is 6.01. The zero-order chi connectivity index (χ0) is 11.4. The quantitative estimate of drug-likeness (QED) is 0.867. The first kappa shape index (κ1) is 12.6. The van der Waals surface area contributed by atoms with Gasteiger partial charge >= 0.3 is 0 Å². The number of halogens is 1. The maximum Gasteiger partial charge on any atom is 0.132 e. The van der Waals surface area contributed by atoms with Crippen molar-refractivity contribution in [2.24, 2.45) is 5.73 Å². The van der Waals surface area contributed by atoms with E-state index in [1.54, 1.807) is 14.2 Å². The lowest BCUT2D eigenvalue weighted by Gasteiger charge is -2.16. The molecular formula is C11H16INO2. The summed E-state index contributed by atoms with van der Waals surface area (Å²) in [5.41, 5.74) is 7.00. The van der Waals surface area contributed by atoms with Gasteiger partial charge in [0.2, 0.25) is 0 Å². The fourth-order valence-corrected chi connectivity index (χ4v) is 2.05. The van der Waals surface area contributed by atoms with Crippen LogP contribution in [0, 0.1) is 3.57 Å². The molecule has 0 radical (unpaired) electrons. The molecule has 2 N–H and O–H groups in total. The topological polar surface area (TPSA) is 44.5 Å². The molecule has 0 spiro atoms. The molecule has 0 heterocycles. The highest BCUT2D eigenvalue weighted by atomic mass is 127. The Balaban J connectivity index is 3.22. The van der Waals surface area contributed by atoms with Crippen LogP contribution >= 0.6 is 22.6 Å². The highest BCUT2D eigenvalue weighted by molar-refractivity contribution is 14.1. The lowest BCUT2D eigenvalue weighted by atomic mass is 10.0. The third-order valence-corrected chi connectivity index (χ3v) is 3.19. The summed E-state index contributed by atoms with van der Waals surface area (Å²) in [6.45, 7) is 2.05. The molecule has 4 heteroatoms. The van der Waals surface area contributed by atoms with Gasteiger partial charge in [0.15, 0.2) is 0 Å². The number of rotatable bonds is 4. The van der Waals surface area contributed by atoms with Gasteiger partial charge in [-0.3, -0.25) is 0 Å². The van der Waals surface area contributed by atoms with Crippen molar-refractivity contribution in [2.45, 2.75) is 19.4 Å². The Bertz CT molecular complexity index is 342. The Morgan fingerprint density at radius 2 is 1.87 bits per heavy atom. The lowest BCUT2D eigenvalue weighted by molar-refractivity contribution is 0.392. The zero-order valence-corrected chi connectivity index (χ0v) is 11.4. The molecule has 1 rings (SSSR count). The van der Waals surface area contributed by atoms with Crippen LogP contribution in [0.3, 0.4) is 0 Å². The van der Waals surface area contributed by atoms with E-state index in [0.717, 1.165) is 27.1 Å². The van der Waals surface area contributed by atoms with Crippen LogP contribution in [0.2, 0.25) is 0 Å². The number of nitrogens with two attached hydrogens (primary N) is 1. The average molecular weight is 321 g/mol. The van der Waals surface area contributed by atoms with Gasteiger partial charge in [0.25, 0.3) is 0 Å². The SMILES string of the molecule is CC[C@@H](N)c1cc(OC)c(I)cc1OC. The van der Waals surface area contributed by atoms with Gasteiger partial charge in [0.05, 0.1) is 17.8 Å². The van der Waals surface area contributed by atoms with Crippen molar-refractivity contribution in [3.05, 3.63) is 21.3 Å². The minimum Gasteiger partial charge on any atom is -0.496 e. The summed E-state index contributed by atoms with van der Waals surface area (Å²) in [4.78, 5) is 0. The molecule has 0 aliphatic heterocycles. The molecule has 0 saturated carbocycles. The van der Waals surface area contributed by atoms with Crippen molar-refractivity contribution in [3.63, 3.8) is 0 Å². The number of hydrogen-bond donors (Lipinski definition) is 1. The molecule has 0 saturated heterocycles. The standard InChI is InChI=1S/C11H16INO2/c1-4-9(13)7-5-11(15-3)8(12)6-10(7)14-2/h5-6,9H,4,13H2,1-3H3/t9-/m1/s1.